The molecule has 36 heavy (non-hydrogen) atoms. The fourth-order valence-corrected chi connectivity index (χ4v) is 6.15. The molecule has 1 saturated heterocycles. The lowest BCUT2D eigenvalue weighted by molar-refractivity contribution is -0.164. The van der Waals surface area contributed by atoms with Crippen molar-refractivity contribution in [2.24, 2.45) is 5.41 Å². The van der Waals surface area contributed by atoms with Gasteiger partial charge in [-0.1, -0.05) is 12.1 Å². The van der Waals surface area contributed by atoms with Crippen molar-refractivity contribution in [3.05, 3.63) is 64.7 Å². The molecule has 194 valence electrons. The van der Waals surface area contributed by atoms with E-state index in [9.17, 15) is 22.4 Å². The molecular formula is C27H31F4N3O2. The molecule has 0 spiro atoms. The first kappa shape index (κ1) is 25.1. The smallest absolute Gasteiger partial charge is 0.383 e. The van der Waals surface area contributed by atoms with Crippen molar-refractivity contribution < 1.29 is 27.1 Å². The summed E-state index contributed by atoms with van der Waals surface area (Å²) in [6.07, 6.45) is 0.933. The van der Waals surface area contributed by atoms with Crippen LogP contribution in [0.4, 0.5) is 17.6 Å². The molecule has 2 fully saturated rings. The average Bonchev–Trinajstić information content (AvgIpc) is 2.85. The second kappa shape index (κ2) is 9.74. The summed E-state index contributed by atoms with van der Waals surface area (Å²) in [4.78, 5) is 21.6. The van der Waals surface area contributed by atoms with Crippen LogP contribution in [0.2, 0.25) is 0 Å². The molecule has 0 unspecified atom stereocenters. The van der Waals surface area contributed by atoms with Crippen LogP contribution < -0.4 is 0 Å². The van der Waals surface area contributed by atoms with E-state index in [4.69, 9.17) is 4.74 Å². The van der Waals surface area contributed by atoms with Crippen LogP contribution >= 0.6 is 0 Å². The van der Waals surface area contributed by atoms with Crippen molar-refractivity contribution in [2.75, 3.05) is 33.4 Å². The number of carbonyl (C=O) groups excluding carboxylic acids is 1. The number of methoxy groups -OCH3 is 1. The number of rotatable bonds is 5. The van der Waals surface area contributed by atoms with Crippen molar-refractivity contribution in [3.8, 4) is 0 Å². The van der Waals surface area contributed by atoms with E-state index in [-0.39, 0.29) is 24.9 Å². The monoisotopic (exact) mass is 505 g/mol. The lowest BCUT2D eigenvalue weighted by atomic mass is 9.74. The zero-order valence-corrected chi connectivity index (χ0v) is 20.4. The Morgan fingerprint density at radius 3 is 2.47 bits per heavy atom. The Kier molecular flexibility index (Phi) is 6.80. The number of aromatic nitrogens is 1. The van der Waals surface area contributed by atoms with E-state index in [2.05, 4.69) is 9.88 Å². The first-order valence-electron chi connectivity index (χ1n) is 12.5. The number of fused-ring (bicyclic) bond motifs is 1. The standard InChI is InChI=1S/C27H31F4N3O2/c1-36-17-26(25(35)33-11-10-24-20(14-33)12-21(13-32-24)27(29,30)31)15-34(16-26)23-8-4-19(5-9-23)18-2-6-22(28)7-3-18/h2-3,6-7,12-13,19,23H,4-5,8-11,14-17H2,1H3. The van der Waals surface area contributed by atoms with Crippen LogP contribution in [-0.4, -0.2) is 60.1 Å². The normalized spacial score (nSPS) is 24.2. The van der Waals surface area contributed by atoms with Crippen LogP contribution in [0.25, 0.3) is 0 Å². The number of hydrogen-bond acceptors (Lipinski definition) is 4. The molecule has 1 amide bonds. The minimum atomic E-state index is -4.46. The quantitative estimate of drug-likeness (QED) is 0.548. The SMILES string of the molecule is COCC1(C(=O)N2CCc3ncc(C(F)(F)F)cc3C2)CN(C2CCC(c3ccc(F)cc3)CC2)C1. The minimum Gasteiger partial charge on any atom is -0.383 e. The molecule has 5 rings (SSSR count). The summed E-state index contributed by atoms with van der Waals surface area (Å²) >= 11 is 0. The topological polar surface area (TPSA) is 45.7 Å². The summed E-state index contributed by atoms with van der Waals surface area (Å²) < 4.78 is 58.2. The number of alkyl halides is 3. The van der Waals surface area contributed by atoms with Crippen molar-refractivity contribution in [1.29, 1.82) is 0 Å². The molecule has 3 heterocycles. The lowest BCUT2D eigenvalue weighted by Gasteiger charge is -2.54. The van der Waals surface area contributed by atoms with Crippen LogP contribution in [-0.2, 0) is 28.7 Å². The van der Waals surface area contributed by atoms with Crippen LogP contribution in [0.1, 0.15) is 54.0 Å². The highest BCUT2D eigenvalue weighted by Crippen LogP contribution is 2.42. The molecule has 9 heteroatoms. The summed E-state index contributed by atoms with van der Waals surface area (Å²) in [7, 11) is 1.58. The highest BCUT2D eigenvalue weighted by atomic mass is 19.4. The molecule has 5 nitrogen and oxygen atoms in total. The summed E-state index contributed by atoms with van der Waals surface area (Å²) in [5, 5.41) is 0. The zero-order valence-electron chi connectivity index (χ0n) is 20.4. The molecule has 1 aliphatic carbocycles. The highest BCUT2D eigenvalue weighted by Gasteiger charge is 2.53. The largest absolute Gasteiger partial charge is 0.417 e. The van der Waals surface area contributed by atoms with Crippen LogP contribution in [0.3, 0.4) is 0 Å². The maximum absolute atomic E-state index is 13.6. The van der Waals surface area contributed by atoms with E-state index in [1.54, 1.807) is 12.0 Å². The van der Waals surface area contributed by atoms with E-state index in [1.807, 2.05) is 12.1 Å². The second-order valence-electron chi connectivity index (χ2n) is 10.5. The highest BCUT2D eigenvalue weighted by molar-refractivity contribution is 5.85. The van der Waals surface area contributed by atoms with Crippen molar-refractivity contribution in [3.63, 3.8) is 0 Å². The van der Waals surface area contributed by atoms with Gasteiger partial charge in [0, 0.05) is 57.6 Å². The molecule has 0 radical (unpaired) electrons. The maximum Gasteiger partial charge on any atom is 0.417 e. The van der Waals surface area contributed by atoms with Gasteiger partial charge in [0.1, 0.15) is 5.82 Å². The number of pyridine rings is 1. The number of nitrogens with zero attached hydrogens (tertiary/aromatic N) is 3. The number of carbonyl (C=O) groups is 1. The summed E-state index contributed by atoms with van der Waals surface area (Å²) in [5.74, 6) is 0.155. The predicted molar refractivity (Wildman–Crippen MR) is 126 cm³/mol. The van der Waals surface area contributed by atoms with Gasteiger partial charge in [-0.3, -0.25) is 14.7 Å². The van der Waals surface area contributed by atoms with Gasteiger partial charge in [-0.15, -0.1) is 0 Å². The first-order chi connectivity index (χ1) is 17.2. The van der Waals surface area contributed by atoms with Crippen LogP contribution in [0.15, 0.2) is 36.5 Å². The molecule has 3 aliphatic rings. The number of ether oxygens (including phenoxy) is 1. The molecule has 2 aromatic rings. The van der Waals surface area contributed by atoms with E-state index >= 15 is 0 Å². The summed E-state index contributed by atoms with van der Waals surface area (Å²) in [5.41, 5.74) is 0.812. The number of benzene rings is 1. The Balaban J connectivity index is 1.21. The molecule has 1 aromatic heterocycles. The minimum absolute atomic E-state index is 0.0522. The van der Waals surface area contributed by atoms with Gasteiger partial charge in [0.05, 0.1) is 17.6 Å². The molecule has 0 N–H and O–H groups in total. The van der Waals surface area contributed by atoms with E-state index in [0.29, 0.717) is 49.3 Å². The van der Waals surface area contributed by atoms with Crippen molar-refractivity contribution in [2.45, 2.75) is 56.8 Å². The molecule has 1 saturated carbocycles. The first-order valence-corrected chi connectivity index (χ1v) is 12.5. The van der Waals surface area contributed by atoms with Gasteiger partial charge >= 0.3 is 6.18 Å². The fraction of sp³-hybridized carbons (Fsp3) is 0.556. The molecule has 0 atom stereocenters. The molecular weight excluding hydrogens is 474 g/mol. The van der Waals surface area contributed by atoms with Crippen LogP contribution in [0, 0.1) is 11.2 Å². The fourth-order valence-electron chi connectivity index (χ4n) is 6.15. The third-order valence-electron chi connectivity index (χ3n) is 8.09. The Hall–Kier alpha value is -2.52. The van der Waals surface area contributed by atoms with E-state index < -0.39 is 17.2 Å². The lowest BCUT2D eigenvalue weighted by Crippen LogP contribution is -2.68. The summed E-state index contributed by atoms with van der Waals surface area (Å²) in [6.45, 7) is 2.06. The maximum atomic E-state index is 13.6. The van der Waals surface area contributed by atoms with Gasteiger partial charge < -0.3 is 9.64 Å². The van der Waals surface area contributed by atoms with Gasteiger partial charge in [0.15, 0.2) is 0 Å². The van der Waals surface area contributed by atoms with Gasteiger partial charge in [-0.05, 0) is 60.9 Å². The van der Waals surface area contributed by atoms with Gasteiger partial charge in [-0.2, -0.15) is 13.2 Å². The zero-order chi connectivity index (χ0) is 25.5. The molecule has 2 aliphatic heterocycles. The van der Waals surface area contributed by atoms with Crippen LogP contribution in [0.5, 0.6) is 0 Å². The predicted octanol–water partition coefficient (Wildman–Crippen LogP) is 4.80. The Bertz CT molecular complexity index is 1090. The van der Waals surface area contributed by atoms with Gasteiger partial charge in [-0.25, -0.2) is 4.39 Å². The number of amides is 1. The second-order valence-corrected chi connectivity index (χ2v) is 10.5. The van der Waals surface area contributed by atoms with E-state index in [1.165, 1.54) is 17.7 Å². The van der Waals surface area contributed by atoms with Crippen molar-refractivity contribution >= 4 is 5.91 Å². The number of hydrogen-bond donors (Lipinski definition) is 0. The number of halogens is 4. The summed E-state index contributed by atoms with van der Waals surface area (Å²) in [6, 6.07) is 8.28. The number of likely N-dealkylation sites (tertiary alicyclic amines) is 1. The average molecular weight is 506 g/mol. The Morgan fingerprint density at radius 1 is 1.14 bits per heavy atom. The third kappa shape index (κ3) is 4.87. The van der Waals surface area contributed by atoms with Gasteiger partial charge in [0.25, 0.3) is 0 Å². The molecule has 1 aromatic carbocycles. The Morgan fingerprint density at radius 2 is 1.83 bits per heavy atom. The Labute approximate surface area is 208 Å². The van der Waals surface area contributed by atoms with Gasteiger partial charge in [0.2, 0.25) is 5.91 Å². The third-order valence-corrected chi connectivity index (χ3v) is 8.09. The van der Waals surface area contributed by atoms with E-state index in [0.717, 1.165) is 37.9 Å². The molecule has 0 bridgehead atoms. The van der Waals surface area contributed by atoms with Crippen molar-refractivity contribution in [1.82, 2.24) is 14.8 Å².